The number of hydrogen-bond acceptors (Lipinski definition) is 1. The van der Waals surface area contributed by atoms with Crippen LogP contribution in [0.15, 0.2) is 16.6 Å². The standard InChI is InChI=1S/C6H7N/c1-2-5(3-1)6-4-7-6/h2,4,6H,1,3H2. The molecule has 36 valence electrons. The van der Waals surface area contributed by atoms with Gasteiger partial charge >= 0.3 is 0 Å². The van der Waals surface area contributed by atoms with Crippen molar-refractivity contribution >= 4 is 6.21 Å². The minimum atomic E-state index is 0.564. The smallest absolute Gasteiger partial charge is 0.105 e. The van der Waals surface area contributed by atoms with Crippen LogP contribution in [0.25, 0.3) is 0 Å². The van der Waals surface area contributed by atoms with Crippen molar-refractivity contribution in [2.45, 2.75) is 18.9 Å². The van der Waals surface area contributed by atoms with Crippen molar-refractivity contribution in [3.8, 4) is 0 Å². The van der Waals surface area contributed by atoms with Crippen molar-refractivity contribution in [3.63, 3.8) is 0 Å². The van der Waals surface area contributed by atoms with Crippen LogP contribution >= 0.6 is 0 Å². The van der Waals surface area contributed by atoms with Gasteiger partial charge in [0, 0.05) is 6.21 Å². The number of aliphatic imine (C=N–C) groups is 1. The van der Waals surface area contributed by atoms with Gasteiger partial charge in [0.15, 0.2) is 0 Å². The quantitative estimate of drug-likeness (QED) is 0.431. The molecule has 7 heavy (non-hydrogen) atoms. The highest BCUT2D eigenvalue weighted by molar-refractivity contribution is 5.82. The van der Waals surface area contributed by atoms with Gasteiger partial charge in [0.25, 0.3) is 0 Å². The maximum Gasteiger partial charge on any atom is 0.105 e. The predicted octanol–water partition coefficient (Wildman–Crippen LogP) is 1.16. The van der Waals surface area contributed by atoms with Gasteiger partial charge in [-0.3, -0.25) is 4.99 Å². The molecule has 0 aromatic heterocycles. The van der Waals surface area contributed by atoms with Gasteiger partial charge in [0.2, 0.25) is 0 Å². The lowest BCUT2D eigenvalue weighted by atomic mass is 9.96. The number of allylic oxidation sites excluding steroid dienone is 1. The van der Waals surface area contributed by atoms with Crippen LogP contribution in [0.3, 0.4) is 0 Å². The molecule has 2 rings (SSSR count). The normalized spacial score (nSPS) is 34.3. The molecule has 1 atom stereocenters. The lowest BCUT2D eigenvalue weighted by Gasteiger charge is -2.10. The second-order valence-corrected chi connectivity index (χ2v) is 2.06. The molecule has 1 heterocycles. The molecular formula is C6H7N. The summed E-state index contributed by atoms with van der Waals surface area (Å²) in [6.45, 7) is 0. The van der Waals surface area contributed by atoms with Gasteiger partial charge in [-0.1, -0.05) is 6.08 Å². The summed E-state index contributed by atoms with van der Waals surface area (Å²) in [5, 5.41) is 0. The summed E-state index contributed by atoms with van der Waals surface area (Å²) < 4.78 is 0. The highest BCUT2D eigenvalue weighted by atomic mass is 14.9. The third-order valence-corrected chi connectivity index (χ3v) is 1.52. The SMILES string of the molecule is C1=NC1C1=CCC1. The molecule has 1 nitrogen and oxygen atoms in total. The van der Waals surface area contributed by atoms with E-state index in [2.05, 4.69) is 11.1 Å². The fourth-order valence-electron chi connectivity index (χ4n) is 0.814. The molecule has 0 spiro atoms. The molecule has 0 fully saturated rings. The van der Waals surface area contributed by atoms with Crippen molar-refractivity contribution in [2.75, 3.05) is 0 Å². The topological polar surface area (TPSA) is 12.4 Å². The molecule has 1 aliphatic carbocycles. The summed E-state index contributed by atoms with van der Waals surface area (Å²) in [7, 11) is 0. The van der Waals surface area contributed by atoms with E-state index in [0.717, 1.165) is 0 Å². The first-order valence-electron chi connectivity index (χ1n) is 2.69. The molecule has 0 bridgehead atoms. The Morgan fingerprint density at radius 2 is 2.43 bits per heavy atom. The number of hydrogen-bond donors (Lipinski definition) is 0. The summed E-state index contributed by atoms with van der Waals surface area (Å²) in [5.74, 6) is 0. The molecule has 1 heteroatoms. The molecule has 0 saturated carbocycles. The minimum Gasteiger partial charge on any atom is -0.281 e. The zero-order valence-electron chi connectivity index (χ0n) is 4.09. The maximum atomic E-state index is 4.03. The van der Waals surface area contributed by atoms with Crippen molar-refractivity contribution < 1.29 is 0 Å². The summed E-state index contributed by atoms with van der Waals surface area (Å²) in [6, 6.07) is 0.564. The molecule has 0 saturated heterocycles. The molecule has 0 amide bonds. The Morgan fingerprint density at radius 1 is 1.71 bits per heavy atom. The van der Waals surface area contributed by atoms with Crippen molar-refractivity contribution in [2.24, 2.45) is 4.99 Å². The highest BCUT2D eigenvalue weighted by Crippen LogP contribution is 2.26. The monoisotopic (exact) mass is 93.1 g/mol. The van der Waals surface area contributed by atoms with E-state index in [9.17, 15) is 0 Å². The van der Waals surface area contributed by atoms with Crippen molar-refractivity contribution in [1.82, 2.24) is 0 Å². The molecule has 0 radical (unpaired) electrons. The molecule has 2 aliphatic rings. The van der Waals surface area contributed by atoms with Gasteiger partial charge in [-0.05, 0) is 18.4 Å². The summed E-state index contributed by atoms with van der Waals surface area (Å²) in [5.41, 5.74) is 1.54. The zero-order valence-corrected chi connectivity index (χ0v) is 4.09. The van der Waals surface area contributed by atoms with Crippen LogP contribution in [0.1, 0.15) is 12.8 Å². The zero-order chi connectivity index (χ0) is 4.69. The van der Waals surface area contributed by atoms with Crippen molar-refractivity contribution in [3.05, 3.63) is 11.6 Å². The van der Waals surface area contributed by atoms with E-state index in [4.69, 9.17) is 0 Å². The molecule has 1 aliphatic heterocycles. The average molecular weight is 93.1 g/mol. The second kappa shape index (κ2) is 0.971. The Hall–Kier alpha value is -0.590. The van der Waals surface area contributed by atoms with Crippen LogP contribution in [0.5, 0.6) is 0 Å². The molecular weight excluding hydrogens is 86.1 g/mol. The van der Waals surface area contributed by atoms with Crippen LogP contribution in [-0.2, 0) is 0 Å². The van der Waals surface area contributed by atoms with Crippen LogP contribution in [0.2, 0.25) is 0 Å². The van der Waals surface area contributed by atoms with E-state index in [-0.39, 0.29) is 0 Å². The average Bonchev–Trinajstić information content (AvgIpc) is 2.10. The number of nitrogens with zero attached hydrogens (tertiary/aromatic N) is 1. The number of rotatable bonds is 1. The van der Waals surface area contributed by atoms with Crippen LogP contribution in [-0.4, -0.2) is 12.3 Å². The van der Waals surface area contributed by atoms with E-state index in [0.29, 0.717) is 6.04 Å². The van der Waals surface area contributed by atoms with Crippen LogP contribution in [0, 0.1) is 0 Å². The Kier molecular flexibility index (Phi) is 0.474. The Balaban J connectivity index is 2.07. The van der Waals surface area contributed by atoms with Gasteiger partial charge in [-0.2, -0.15) is 0 Å². The Morgan fingerprint density at radius 3 is 2.57 bits per heavy atom. The van der Waals surface area contributed by atoms with Gasteiger partial charge in [0.1, 0.15) is 6.04 Å². The minimum absolute atomic E-state index is 0.564. The highest BCUT2D eigenvalue weighted by Gasteiger charge is 2.21. The van der Waals surface area contributed by atoms with E-state index in [1.54, 1.807) is 5.57 Å². The van der Waals surface area contributed by atoms with Gasteiger partial charge < -0.3 is 0 Å². The van der Waals surface area contributed by atoms with E-state index in [1.165, 1.54) is 12.8 Å². The van der Waals surface area contributed by atoms with Crippen LogP contribution in [0.4, 0.5) is 0 Å². The molecule has 1 unspecified atom stereocenters. The first-order chi connectivity index (χ1) is 3.47. The third-order valence-electron chi connectivity index (χ3n) is 1.52. The lowest BCUT2D eigenvalue weighted by Crippen LogP contribution is -2.01. The molecule has 0 aromatic carbocycles. The van der Waals surface area contributed by atoms with E-state index >= 15 is 0 Å². The Labute approximate surface area is 42.8 Å². The van der Waals surface area contributed by atoms with E-state index < -0.39 is 0 Å². The molecule has 0 aromatic rings. The Bertz CT molecular complexity index is 138. The van der Waals surface area contributed by atoms with Crippen LogP contribution < -0.4 is 0 Å². The largest absolute Gasteiger partial charge is 0.281 e. The lowest BCUT2D eigenvalue weighted by molar-refractivity contribution is 0.832. The predicted molar refractivity (Wildman–Crippen MR) is 29.6 cm³/mol. The second-order valence-electron chi connectivity index (χ2n) is 2.06. The first-order valence-corrected chi connectivity index (χ1v) is 2.69. The molecule has 0 N–H and O–H groups in total. The summed E-state index contributed by atoms with van der Waals surface area (Å²) in [4.78, 5) is 4.03. The van der Waals surface area contributed by atoms with Gasteiger partial charge in [0.05, 0.1) is 0 Å². The summed E-state index contributed by atoms with van der Waals surface area (Å²) >= 11 is 0. The fraction of sp³-hybridized carbons (Fsp3) is 0.500. The van der Waals surface area contributed by atoms with E-state index in [1.807, 2.05) is 6.21 Å². The fourth-order valence-corrected chi connectivity index (χ4v) is 0.814. The third kappa shape index (κ3) is 0.408. The summed E-state index contributed by atoms with van der Waals surface area (Å²) in [6.07, 6.45) is 6.86. The van der Waals surface area contributed by atoms with Crippen molar-refractivity contribution in [1.29, 1.82) is 0 Å². The van der Waals surface area contributed by atoms with Gasteiger partial charge in [-0.15, -0.1) is 0 Å². The van der Waals surface area contributed by atoms with Gasteiger partial charge in [-0.25, -0.2) is 0 Å². The maximum absolute atomic E-state index is 4.03. The first kappa shape index (κ1) is 3.42.